The van der Waals surface area contributed by atoms with Crippen LogP contribution in [0, 0.1) is 0 Å². The minimum Gasteiger partial charge on any atom is -0.442 e. The predicted octanol–water partition coefficient (Wildman–Crippen LogP) is 2.62. The van der Waals surface area contributed by atoms with Crippen molar-refractivity contribution in [2.24, 2.45) is 4.99 Å². The molecule has 0 atom stereocenters. The highest BCUT2D eigenvalue weighted by molar-refractivity contribution is 9.12. The van der Waals surface area contributed by atoms with Gasteiger partial charge in [0.15, 0.2) is 12.2 Å². The molecule has 0 fully saturated rings. The Morgan fingerprint density at radius 1 is 1.67 bits per heavy atom. The van der Waals surface area contributed by atoms with Crippen LogP contribution in [0.2, 0.25) is 0 Å². The van der Waals surface area contributed by atoms with E-state index in [0.29, 0.717) is 15.9 Å². The van der Waals surface area contributed by atoms with Gasteiger partial charge in [-0.3, -0.25) is 4.99 Å². The number of rotatable bonds is 3. The Morgan fingerprint density at radius 3 is 2.92 bits per heavy atom. The standard InChI is InChI=1S/C8H7BrN2O/c1-6(9)3-11-7(2)8-4-10-5-12-8/h3-5H,1-2H2. The lowest BCUT2D eigenvalue weighted by atomic mass is 10.4. The van der Waals surface area contributed by atoms with Gasteiger partial charge in [0.25, 0.3) is 0 Å². The van der Waals surface area contributed by atoms with E-state index in [0.717, 1.165) is 0 Å². The summed E-state index contributed by atoms with van der Waals surface area (Å²) in [6.45, 7) is 7.26. The number of nitrogens with zero attached hydrogens (tertiary/aromatic N) is 2. The van der Waals surface area contributed by atoms with Crippen molar-refractivity contribution in [3.05, 3.63) is 36.0 Å². The van der Waals surface area contributed by atoms with Crippen LogP contribution in [0.5, 0.6) is 0 Å². The van der Waals surface area contributed by atoms with Crippen LogP contribution in [0.4, 0.5) is 0 Å². The van der Waals surface area contributed by atoms with Crippen molar-refractivity contribution in [3.8, 4) is 0 Å². The summed E-state index contributed by atoms with van der Waals surface area (Å²) in [6, 6.07) is 0. The van der Waals surface area contributed by atoms with E-state index in [2.05, 4.69) is 39.1 Å². The van der Waals surface area contributed by atoms with E-state index in [1.807, 2.05) is 0 Å². The summed E-state index contributed by atoms with van der Waals surface area (Å²) in [5, 5.41) is 0. The van der Waals surface area contributed by atoms with E-state index in [9.17, 15) is 0 Å². The Morgan fingerprint density at radius 2 is 2.42 bits per heavy atom. The van der Waals surface area contributed by atoms with Gasteiger partial charge in [0, 0.05) is 10.7 Å². The third kappa shape index (κ3) is 2.47. The number of halogens is 1. The van der Waals surface area contributed by atoms with E-state index in [-0.39, 0.29) is 0 Å². The molecule has 1 aromatic heterocycles. The second-order valence-electron chi connectivity index (χ2n) is 2.02. The zero-order valence-corrected chi connectivity index (χ0v) is 7.91. The monoisotopic (exact) mass is 226 g/mol. The average Bonchev–Trinajstić information content (AvgIpc) is 2.51. The lowest BCUT2D eigenvalue weighted by Gasteiger charge is -1.90. The molecule has 0 aliphatic carbocycles. The molecule has 0 amide bonds. The van der Waals surface area contributed by atoms with Crippen molar-refractivity contribution >= 4 is 27.8 Å². The molecule has 1 aromatic rings. The Kier molecular flexibility index (Phi) is 2.99. The Bertz CT molecular complexity index is 314. The van der Waals surface area contributed by atoms with E-state index < -0.39 is 0 Å². The largest absolute Gasteiger partial charge is 0.442 e. The van der Waals surface area contributed by atoms with Crippen LogP contribution in [-0.2, 0) is 0 Å². The van der Waals surface area contributed by atoms with Crippen molar-refractivity contribution in [2.75, 3.05) is 0 Å². The molecule has 0 aromatic carbocycles. The van der Waals surface area contributed by atoms with Crippen LogP contribution < -0.4 is 0 Å². The lowest BCUT2D eigenvalue weighted by Crippen LogP contribution is -1.75. The highest BCUT2D eigenvalue weighted by Crippen LogP contribution is 2.12. The molecule has 12 heavy (non-hydrogen) atoms. The predicted molar refractivity (Wildman–Crippen MR) is 52.1 cm³/mol. The highest BCUT2D eigenvalue weighted by atomic mass is 79.9. The number of hydrogen-bond donors (Lipinski definition) is 0. The zero-order chi connectivity index (χ0) is 8.97. The van der Waals surface area contributed by atoms with Gasteiger partial charge in [0.05, 0.1) is 6.20 Å². The van der Waals surface area contributed by atoms with Crippen molar-refractivity contribution in [3.63, 3.8) is 0 Å². The number of oxazole rings is 1. The summed E-state index contributed by atoms with van der Waals surface area (Å²) in [6.07, 6.45) is 4.43. The maximum atomic E-state index is 4.96. The van der Waals surface area contributed by atoms with E-state index in [1.54, 1.807) is 12.4 Å². The maximum Gasteiger partial charge on any atom is 0.181 e. The van der Waals surface area contributed by atoms with Gasteiger partial charge in [0.2, 0.25) is 0 Å². The van der Waals surface area contributed by atoms with Gasteiger partial charge in [-0.25, -0.2) is 4.98 Å². The molecular formula is C8H7BrN2O. The smallest absolute Gasteiger partial charge is 0.181 e. The highest BCUT2D eigenvalue weighted by Gasteiger charge is 1.98. The molecule has 0 aliphatic rings. The Balaban J connectivity index is 2.68. The van der Waals surface area contributed by atoms with Gasteiger partial charge in [-0.2, -0.15) is 0 Å². The first kappa shape index (κ1) is 8.93. The van der Waals surface area contributed by atoms with Gasteiger partial charge < -0.3 is 4.42 Å². The van der Waals surface area contributed by atoms with Crippen LogP contribution in [0.3, 0.4) is 0 Å². The lowest BCUT2D eigenvalue weighted by molar-refractivity contribution is 0.544. The summed E-state index contributed by atoms with van der Waals surface area (Å²) in [7, 11) is 0. The fourth-order valence-corrected chi connectivity index (χ4v) is 0.672. The third-order valence-corrected chi connectivity index (χ3v) is 1.28. The minimum absolute atomic E-state index is 0.521. The van der Waals surface area contributed by atoms with Crippen LogP contribution in [0.15, 0.2) is 39.6 Å². The van der Waals surface area contributed by atoms with Crippen molar-refractivity contribution in [2.45, 2.75) is 0 Å². The minimum atomic E-state index is 0.521. The molecule has 4 heteroatoms. The number of aromatic nitrogens is 1. The summed E-state index contributed by atoms with van der Waals surface area (Å²) in [4.78, 5) is 7.70. The molecule has 0 N–H and O–H groups in total. The van der Waals surface area contributed by atoms with Gasteiger partial charge >= 0.3 is 0 Å². The Labute approximate surface area is 78.7 Å². The van der Waals surface area contributed by atoms with Gasteiger partial charge in [-0.05, 0) is 15.9 Å². The first-order chi connectivity index (χ1) is 5.70. The molecule has 1 rings (SSSR count). The summed E-state index contributed by atoms with van der Waals surface area (Å²) in [5.74, 6) is 0.556. The molecule has 0 spiro atoms. The first-order valence-electron chi connectivity index (χ1n) is 3.16. The molecular weight excluding hydrogens is 220 g/mol. The Hall–Kier alpha value is -1.16. The second-order valence-corrected chi connectivity index (χ2v) is 3.04. The fourth-order valence-electron chi connectivity index (χ4n) is 0.570. The van der Waals surface area contributed by atoms with Gasteiger partial charge in [-0.1, -0.05) is 13.2 Å². The van der Waals surface area contributed by atoms with Gasteiger partial charge in [-0.15, -0.1) is 0 Å². The summed E-state index contributed by atoms with van der Waals surface area (Å²) < 4.78 is 5.64. The number of aliphatic imine (C=N–C) groups is 1. The third-order valence-electron chi connectivity index (χ3n) is 1.08. The molecule has 0 radical (unpaired) electrons. The van der Waals surface area contributed by atoms with Crippen molar-refractivity contribution in [1.82, 2.24) is 4.98 Å². The zero-order valence-electron chi connectivity index (χ0n) is 6.33. The molecule has 0 saturated carbocycles. The van der Waals surface area contributed by atoms with Crippen LogP contribution in [0.25, 0.3) is 5.70 Å². The average molecular weight is 227 g/mol. The van der Waals surface area contributed by atoms with E-state index >= 15 is 0 Å². The van der Waals surface area contributed by atoms with Gasteiger partial charge in [0.1, 0.15) is 5.70 Å². The summed E-state index contributed by atoms with van der Waals surface area (Å²) in [5.41, 5.74) is 0.521. The maximum absolute atomic E-state index is 4.96. The number of hydrogen-bond acceptors (Lipinski definition) is 3. The molecule has 1 heterocycles. The van der Waals surface area contributed by atoms with Crippen LogP contribution in [0.1, 0.15) is 5.76 Å². The molecule has 0 aliphatic heterocycles. The van der Waals surface area contributed by atoms with Crippen molar-refractivity contribution in [1.29, 1.82) is 0 Å². The normalized spacial score (nSPS) is 10.4. The SMILES string of the molecule is C=C(Br)C=NC(=C)c1cnco1. The fraction of sp³-hybridized carbons (Fsp3) is 0. The van der Waals surface area contributed by atoms with E-state index in [1.165, 1.54) is 6.39 Å². The van der Waals surface area contributed by atoms with E-state index in [4.69, 9.17) is 4.42 Å². The molecule has 0 unspecified atom stereocenters. The molecule has 3 nitrogen and oxygen atoms in total. The molecule has 0 saturated heterocycles. The van der Waals surface area contributed by atoms with Crippen molar-refractivity contribution < 1.29 is 4.42 Å². The quantitative estimate of drug-likeness (QED) is 0.744. The summed E-state index contributed by atoms with van der Waals surface area (Å²) >= 11 is 3.14. The number of allylic oxidation sites excluding steroid dienone is 1. The second kappa shape index (κ2) is 4.01. The molecule has 0 bridgehead atoms. The molecule has 62 valence electrons. The van der Waals surface area contributed by atoms with Crippen LogP contribution in [-0.4, -0.2) is 11.2 Å². The van der Waals surface area contributed by atoms with Crippen LogP contribution >= 0.6 is 15.9 Å². The first-order valence-corrected chi connectivity index (χ1v) is 3.95. The topological polar surface area (TPSA) is 38.4 Å².